The Bertz CT molecular complexity index is 221. The summed E-state index contributed by atoms with van der Waals surface area (Å²) < 4.78 is 0. The number of nitrogens with one attached hydrogen (secondary N) is 2. The Balaban J connectivity index is 3.98. The van der Waals surface area contributed by atoms with E-state index in [-0.39, 0.29) is 18.2 Å². The summed E-state index contributed by atoms with van der Waals surface area (Å²) >= 11 is 0. The molecule has 1 unspecified atom stereocenters. The van der Waals surface area contributed by atoms with Gasteiger partial charge in [0.1, 0.15) is 6.29 Å². The number of carbonyl (C=O) groups is 2. The Morgan fingerprint density at radius 2 is 2.12 bits per heavy atom. The molecule has 5 nitrogen and oxygen atoms in total. The van der Waals surface area contributed by atoms with E-state index < -0.39 is 12.1 Å². The van der Waals surface area contributed by atoms with Gasteiger partial charge in [-0.15, -0.1) is 0 Å². The van der Waals surface area contributed by atoms with Crippen LogP contribution in [-0.2, 0) is 9.59 Å². The zero-order valence-corrected chi connectivity index (χ0v) is 10.2. The van der Waals surface area contributed by atoms with Crippen LogP contribution in [0.3, 0.4) is 0 Å². The molecule has 0 saturated heterocycles. The van der Waals surface area contributed by atoms with Crippen molar-refractivity contribution >= 4 is 12.2 Å². The molecule has 0 aromatic carbocycles. The van der Waals surface area contributed by atoms with Gasteiger partial charge in [0.05, 0.1) is 18.6 Å². The standard InChI is InChI=1S/C11H22N2O3/c1-4-9(7-14)13-11(16)5-10(15)8(2)6-12-3/h7-10,12,15H,4-6H2,1-3H3,(H,13,16)/t8?,9-,10+/m0/s1. The molecular weight excluding hydrogens is 208 g/mol. The van der Waals surface area contributed by atoms with E-state index in [0.717, 1.165) is 0 Å². The molecule has 0 aliphatic heterocycles. The molecule has 0 heterocycles. The van der Waals surface area contributed by atoms with Crippen LogP contribution in [0.2, 0.25) is 0 Å². The summed E-state index contributed by atoms with van der Waals surface area (Å²) in [5, 5.41) is 15.2. The fourth-order valence-corrected chi connectivity index (χ4v) is 1.35. The normalized spacial score (nSPS) is 16.2. The van der Waals surface area contributed by atoms with Crippen molar-refractivity contribution in [1.82, 2.24) is 10.6 Å². The lowest BCUT2D eigenvalue weighted by Gasteiger charge is -2.19. The first-order valence-corrected chi connectivity index (χ1v) is 5.62. The Kier molecular flexibility index (Phi) is 7.76. The summed E-state index contributed by atoms with van der Waals surface area (Å²) in [5.74, 6) is -0.276. The fourth-order valence-electron chi connectivity index (χ4n) is 1.35. The second-order valence-electron chi connectivity index (χ2n) is 4.02. The summed E-state index contributed by atoms with van der Waals surface area (Å²) in [5.41, 5.74) is 0. The van der Waals surface area contributed by atoms with Crippen molar-refractivity contribution in [2.24, 2.45) is 5.92 Å². The molecule has 0 aliphatic rings. The van der Waals surface area contributed by atoms with Gasteiger partial charge in [0.2, 0.25) is 5.91 Å². The van der Waals surface area contributed by atoms with Crippen LogP contribution < -0.4 is 10.6 Å². The highest BCUT2D eigenvalue weighted by Crippen LogP contribution is 2.05. The maximum Gasteiger partial charge on any atom is 0.223 e. The average molecular weight is 230 g/mol. The van der Waals surface area contributed by atoms with Crippen molar-refractivity contribution in [3.8, 4) is 0 Å². The van der Waals surface area contributed by atoms with Crippen molar-refractivity contribution < 1.29 is 14.7 Å². The van der Waals surface area contributed by atoms with Crippen LogP contribution in [0.5, 0.6) is 0 Å². The first kappa shape index (κ1) is 15.1. The molecule has 16 heavy (non-hydrogen) atoms. The molecule has 0 radical (unpaired) electrons. The molecule has 0 aromatic rings. The molecular formula is C11H22N2O3. The minimum Gasteiger partial charge on any atom is -0.392 e. The third-order valence-corrected chi connectivity index (χ3v) is 2.53. The predicted molar refractivity (Wildman–Crippen MR) is 62.0 cm³/mol. The van der Waals surface area contributed by atoms with Crippen molar-refractivity contribution in [3.63, 3.8) is 0 Å². The number of hydrogen-bond donors (Lipinski definition) is 3. The van der Waals surface area contributed by atoms with Crippen molar-refractivity contribution in [1.29, 1.82) is 0 Å². The second kappa shape index (κ2) is 8.24. The van der Waals surface area contributed by atoms with Crippen LogP contribution in [0.25, 0.3) is 0 Å². The first-order valence-electron chi connectivity index (χ1n) is 5.62. The average Bonchev–Trinajstić information content (AvgIpc) is 2.26. The molecule has 1 amide bonds. The highest BCUT2D eigenvalue weighted by Gasteiger charge is 2.18. The van der Waals surface area contributed by atoms with Gasteiger partial charge in [-0.1, -0.05) is 13.8 Å². The number of amides is 1. The van der Waals surface area contributed by atoms with Gasteiger partial charge in [0.25, 0.3) is 0 Å². The Labute approximate surface area is 96.6 Å². The smallest absolute Gasteiger partial charge is 0.223 e. The number of hydrogen-bond acceptors (Lipinski definition) is 4. The van der Waals surface area contributed by atoms with Crippen molar-refractivity contribution in [2.45, 2.75) is 38.8 Å². The molecule has 0 saturated carbocycles. The van der Waals surface area contributed by atoms with Gasteiger partial charge < -0.3 is 20.5 Å². The van der Waals surface area contributed by atoms with E-state index in [0.29, 0.717) is 19.3 Å². The molecule has 0 spiro atoms. The second-order valence-corrected chi connectivity index (χ2v) is 4.02. The molecule has 0 rings (SSSR count). The van der Waals surface area contributed by atoms with Crippen LogP contribution in [0.4, 0.5) is 0 Å². The van der Waals surface area contributed by atoms with Gasteiger partial charge >= 0.3 is 0 Å². The van der Waals surface area contributed by atoms with E-state index >= 15 is 0 Å². The van der Waals surface area contributed by atoms with Crippen LogP contribution in [0.1, 0.15) is 26.7 Å². The molecule has 3 N–H and O–H groups in total. The van der Waals surface area contributed by atoms with Crippen molar-refractivity contribution in [3.05, 3.63) is 0 Å². The third-order valence-electron chi connectivity index (χ3n) is 2.53. The Morgan fingerprint density at radius 3 is 2.56 bits per heavy atom. The van der Waals surface area contributed by atoms with Gasteiger partial charge in [-0.05, 0) is 25.9 Å². The van der Waals surface area contributed by atoms with Gasteiger partial charge in [-0.3, -0.25) is 4.79 Å². The number of aliphatic hydroxyl groups is 1. The molecule has 0 fully saturated rings. The largest absolute Gasteiger partial charge is 0.392 e. The SMILES string of the molecule is CC[C@@H](C=O)NC(=O)C[C@@H](O)C(C)CNC. The van der Waals surface area contributed by atoms with Crippen LogP contribution in [0, 0.1) is 5.92 Å². The molecule has 3 atom stereocenters. The van der Waals surface area contributed by atoms with E-state index in [1.807, 2.05) is 13.8 Å². The summed E-state index contributed by atoms with van der Waals surface area (Å²) in [6, 6.07) is -0.445. The van der Waals surface area contributed by atoms with E-state index in [4.69, 9.17) is 0 Å². The Hall–Kier alpha value is -0.940. The molecule has 0 aromatic heterocycles. The lowest BCUT2D eigenvalue weighted by molar-refractivity contribution is -0.126. The van der Waals surface area contributed by atoms with E-state index in [1.165, 1.54) is 0 Å². The number of aliphatic hydroxyl groups excluding tert-OH is 1. The zero-order valence-electron chi connectivity index (χ0n) is 10.2. The molecule has 0 bridgehead atoms. The molecule has 94 valence electrons. The maximum absolute atomic E-state index is 11.4. The maximum atomic E-state index is 11.4. The first-order chi connectivity index (χ1) is 7.54. The van der Waals surface area contributed by atoms with Crippen molar-refractivity contribution in [2.75, 3.05) is 13.6 Å². The number of rotatable bonds is 8. The fraction of sp³-hybridized carbons (Fsp3) is 0.818. The third kappa shape index (κ3) is 5.82. The van der Waals surface area contributed by atoms with Gasteiger partial charge in [0, 0.05) is 0 Å². The van der Waals surface area contributed by atoms with Crippen LogP contribution in [0.15, 0.2) is 0 Å². The van der Waals surface area contributed by atoms with Gasteiger partial charge in [0.15, 0.2) is 0 Å². The lowest BCUT2D eigenvalue weighted by atomic mass is 10.0. The van der Waals surface area contributed by atoms with Crippen LogP contribution in [-0.4, -0.2) is 43.0 Å². The number of aldehydes is 1. The van der Waals surface area contributed by atoms with Gasteiger partial charge in [-0.25, -0.2) is 0 Å². The molecule has 0 aliphatic carbocycles. The van der Waals surface area contributed by atoms with Gasteiger partial charge in [-0.2, -0.15) is 0 Å². The van der Waals surface area contributed by atoms with E-state index in [2.05, 4.69) is 10.6 Å². The highest BCUT2D eigenvalue weighted by molar-refractivity contribution is 5.79. The number of carbonyl (C=O) groups excluding carboxylic acids is 2. The minimum atomic E-state index is -0.684. The van der Waals surface area contributed by atoms with E-state index in [9.17, 15) is 14.7 Å². The summed E-state index contributed by atoms with van der Waals surface area (Å²) in [6.07, 6.45) is 0.628. The van der Waals surface area contributed by atoms with Crippen LogP contribution >= 0.6 is 0 Å². The zero-order chi connectivity index (χ0) is 12.6. The monoisotopic (exact) mass is 230 g/mol. The quantitative estimate of drug-likeness (QED) is 0.500. The predicted octanol–water partition coefficient (Wildman–Crippen LogP) is -0.313. The Morgan fingerprint density at radius 1 is 1.50 bits per heavy atom. The minimum absolute atomic E-state index is 0.00653. The molecule has 5 heteroatoms. The summed E-state index contributed by atoms with van der Waals surface area (Å²) in [6.45, 7) is 4.34. The summed E-state index contributed by atoms with van der Waals surface area (Å²) in [7, 11) is 1.79. The summed E-state index contributed by atoms with van der Waals surface area (Å²) in [4.78, 5) is 21.9. The topological polar surface area (TPSA) is 78.4 Å². The van der Waals surface area contributed by atoms with E-state index in [1.54, 1.807) is 7.05 Å². The highest BCUT2D eigenvalue weighted by atomic mass is 16.3. The lowest BCUT2D eigenvalue weighted by Crippen LogP contribution is -2.39.